The second kappa shape index (κ2) is 8.27. The largest absolute Gasteiger partial charge is 0.312 e. The lowest BCUT2D eigenvalue weighted by molar-refractivity contribution is -0.124. The molecule has 1 aliphatic rings. The molecule has 3 aromatic rings. The SMILES string of the molecule is Cc1cccc(N2CC(C(=O)N(Cc3ccccc3)c3ccccn3)CC2=O)c1. The van der Waals surface area contributed by atoms with Gasteiger partial charge in [0.05, 0.1) is 12.5 Å². The minimum absolute atomic E-state index is 0.0189. The van der Waals surface area contributed by atoms with E-state index in [9.17, 15) is 9.59 Å². The number of aromatic nitrogens is 1. The lowest BCUT2D eigenvalue weighted by atomic mass is 10.1. The molecule has 5 nitrogen and oxygen atoms in total. The molecule has 0 radical (unpaired) electrons. The molecule has 5 heteroatoms. The summed E-state index contributed by atoms with van der Waals surface area (Å²) in [5.41, 5.74) is 2.95. The van der Waals surface area contributed by atoms with Crippen LogP contribution in [0.5, 0.6) is 0 Å². The molecule has 1 saturated heterocycles. The molecular formula is C24H23N3O2. The molecule has 2 amide bonds. The zero-order valence-electron chi connectivity index (χ0n) is 16.4. The maximum atomic E-state index is 13.4. The van der Waals surface area contributed by atoms with Gasteiger partial charge in [0.25, 0.3) is 0 Å². The molecule has 0 aliphatic carbocycles. The van der Waals surface area contributed by atoms with Crippen molar-refractivity contribution >= 4 is 23.3 Å². The van der Waals surface area contributed by atoms with Gasteiger partial charge in [0.2, 0.25) is 11.8 Å². The summed E-state index contributed by atoms with van der Waals surface area (Å²) in [4.78, 5) is 33.9. The third-order valence-corrected chi connectivity index (χ3v) is 5.16. The van der Waals surface area contributed by atoms with Crippen molar-refractivity contribution in [1.29, 1.82) is 0 Å². The molecule has 146 valence electrons. The fourth-order valence-electron chi connectivity index (χ4n) is 3.69. The molecule has 1 aromatic heterocycles. The highest BCUT2D eigenvalue weighted by molar-refractivity contribution is 6.04. The van der Waals surface area contributed by atoms with Crippen molar-refractivity contribution < 1.29 is 9.59 Å². The lowest BCUT2D eigenvalue weighted by Crippen LogP contribution is -2.37. The molecule has 0 N–H and O–H groups in total. The Morgan fingerprint density at radius 3 is 2.59 bits per heavy atom. The summed E-state index contributed by atoms with van der Waals surface area (Å²) in [6.45, 7) is 2.81. The zero-order valence-corrected chi connectivity index (χ0v) is 16.4. The van der Waals surface area contributed by atoms with Crippen molar-refractivity contribution in [3.05, 3.63) is 90.1 Å². The Morgan fingerprint density at radius 1 is 1.07 bits per heavy atom. The van der Waals surface area contributed by atoms with E-state index in [1.807, 2.05) is 79.7 Å². The van der Waals surface area contributed by atoms with Gasteiger partial charge >= 0.3 is 0 Å². The van der Waals surface area contributed by atoms with E-state index in [0.29, 0.717) is 18.9 Å². The number of pyridine rings is 1. The molecule has 1 unspecified atom stereocenters. The van der Waals surface area contributed by atoms with E-state index in [-0.39, 0.29) is 18.2 Å². The van der Waals surface area contributed by atoms with Crippen LogP contribution in [0.3, 0.4) is 0 Å². The third kappa shape index (κ3) is 4.19. The molecule has 29 heavy (non-hydrogen) atoms. The molecule has 4 rings (SSSR count). The van der Waals surface area contributed by atoms with Crippen molar-refractivity contribution in [2.45, 2.75) is 19.9 Å². The Bertz CT molecular complexity index is 1000. The van der Waals surface area contributed by atoms with Crippen LogP contribution in [-0.2, 0) is 16.1 Å². The van der Waals surface area contributed by atoms with Gasteiger partial charge in [-0.25, -0.2) is 4.98 Å². The number of rotatable bonds is 5. The van der Waals surface area contributed by atoms with Crippen LogP contribution in [0.4, 0.5) is 11.5 Å². The van der Waals surface area contributed by atoms with E-state index in [2.05, 4.69) is 4.98 Å². The van der Waals surface area contributed by atoms with Crippen LogP contribution in [0.15, 0.2) is 79.0 Å². The van der Waals surface area contributed by atoms with E-state index in [1.54, 1.807) is 16.0 Å². The van der Waals surface area contributed by atoms with Gasteiger partial charge in [0, 0.05) is 24.8 Å². The third-order valence-electron chi connectivity index (χ3n) is 5.16. The minimum atomic E-state index is -0.395. The Hall–Kier alpha value is -3.47. The van der Waals surface area contributed by atoms with E-state index in [0.717, 1.165) is 16.8 Å². The van der Waals surface area contributed by atoms with Gasteiger partial charge in [-0.1, -0.05) is 48.5 Å². The van der Waals surface area contributed by atoms with Crippen LogP contribution in [0.1, 0.15) is 17.5 Å². The van der Waals surface area contributed by atoms with Crippen LogP contribution in [-0.4, -0.2) is 23.3 Å². The topological polar surface area (TPSA) is 53.5 Å². The zero-order chi connectivity index (χ0) is 20.2. The molecule has 2 heterocycles. The average Bonchev–Trinajstić information content (AvgIpc) is 3.14. The number of benzene rings is 2. The minimum Gasteiger partial charge on any atom is -0.312 e. The molecule has 0 bridgehead atoms. The number of aryl methyl sites for hydroxylation is 1. The summed E-state index contributed by atoms with van der Waals surface area (Å²) in [6, 6.07) is 23.2. The van der Waals surface area contributed by atoms with Crippen molar-refractivity contribution in [3.8, 4) is 0 Å². The summed E-state index contributed by atoms with van der Waals surface area (Å²) in [5.74, 6) is 0.113. The van der Waals surface area contributed by atoms with Crippen LogP contribution in [0.2, 0.25) is 0 Å². The van der Waals surface area contributed by atoms with Crippen molar-refractivity contribution in [2.24, 2.45) is 5.92 Å². The molecule has 1 fully saturated rings. The Kier molecular flexibility index (Phi) is 5.38. The molecule has 2 aromatic carbocycles. The van der Waals surface area contributed by atoms with E-state index >= 15 is 0 Å². The molecule has 0 saturated carbocycles. The molecule has 1 aliphatic heterocycles. The van der Waals surface area contributed by atoms with Crippen molar-refractivity contribution in [1.82, 2.24) is 4.98 Å². The predicted octanol–water partition coefficient (Wildman–Crippen LogP) is 3.98. The molecular weight excluding hydrogens is 362 g/mol. The first-order valence-electron chi connectivity index (χ1n) is 9.75. The maximum absolute atomic E-state index is 13.4. The normalized spacial score (nSPS) is 16.1. The fraction of sp³-hybridized carbons (Fsp3) is 0.208. The van der Waals surface area contributed by atoms with Gasteiger partial charge in [-0.3, -0.25) is 14.5 Å². The highest BCUT2D eigenvalue weighted by Crippen LogP contribution is 2.28. The second-order valence-electron chi connectivity index (χ2n) is 7.34. The van der Waals surface area contributed by atoms with Crippen molar-refractivity contribution in [3.63, 3.8) is 0 Å². The fourth-order valence-corrected chi connectivity index (χ4v) is 3.69. The van der Waals surface area contributed by atoms with Gasteiger partial charge in [-0.15, -0.1) is 0 Å². The first-order chi connectivity index (χ1) is 14.1. The number of hydrogen-bond donors (Lipinski definition) is 0. The molecule has 1 atom stereocenters. The Balaban J connectivity index is 1.58. The number of carbonyl (C=O) groups is 2. The summed E-state index contributed by atoms with van der Waals surface area (Å²) in [6.07, 6.45) is 1.89. The summed E-state index contributed by atoms with van der Waals surface area (Å²) >= 11 is 0. The van der Waals surface area contributed by atoms with Gasteiger partial charge in [0.15, 0.2) is 0 Å². The Morgan fingerprint density at radius 2 is 1.86 bits per heavy atom. The summed E-state index contributed by atoms with van der Waals surface area (Å²) in [5, 5.41) is 0. The first kappa shape index (κ1) is 18.9. The standard InChI is InChI=1S/C24H23N3O2/c1-18-8-7-11-21(14-18)26-17-20(15-23(26)28)24(29)27(22-12-5-6-13-25-22)16-19-9-3-2-4-10-19/h2-14,20H,15-17H2,1H3. The average molecular weight is 385 g/mol. The van der Waals surface area contributed by atoms with Crippen LogP contribution in [0.25, 0.3) is 0 Å². The second-order valence-corrected chi connectivity index (χ2v) is 7.34. The number of nitrogens with zero attached hydrogens (tertiary/aromatic N) is 3. The summed E-state index contributed by atoms with van der Waals surface area (Å²) < 4.78 is 0. The van der Waals surface area contributed by atoms with Gasteiger partial charge in [-0.2, -0.15) is 0 Å². The van der Waals surface area contributed by atoms with Gasteiger partial charge in [0.1, 0.15) is 5.82 Å². The number of anilines is 2. The van der Waals surface area contributed by atoms with E-state index < -0.39 is 5.92 Å². The summed E-state index contributed by atoms with van der Waals surface area (Å²) in [7, 11) is 0. The van der Waals surface area contributed by atoms with Gasteiger partial charge in [-0.05, 0) is 42.3 Å². The highest BCUT2D eigenvalue weighted by atomic mass is 16.2. The number of amides is 2. The first-order valence-corrected chi connectivity index (χ1v) is 9.75. The lowest BCUT2D eigenvalue weighted by Gasteiger charge is -2.25. The van der Waals surface area contributed by atoms with Crippen LogP contribution in [0, 0.1) is 12.8 Å². The monoisotopic (exact) mass is 385 g/mol. The van der Waals surface area contributed by atoms with Crippen LogP contribution >= 0.6 is 0 Å². The smallest absolute Gasteiger partial charge is 0.233 e. The van der Waals surface area contributed by atoms with Crippen LogP contribution < -0.4 is 9.80 Å². The maximum Gasteiger partial charge on any atom is 0.233 e. The highest BCUT2D eigenvalue weighted by Gasteiger charge is 2.38. The van der Waals surface area contributed by atoms with Crippen molar-refractivity contribution in [2.75, 3.05) is 16.3 Å². The molecule has 0 spiro atoms. The predicted molar refractivity (Wildman–Crippen MR) is 114 cm³/mol. The Labute approximate surface area is 170 Å². The van der Waals surface area contributed by atoms with E-state index in [1.165, 1.54) is 0 Å². The number of hydrogen-bond acceptors (Lipinski definition) is 3. The quantitative estimate of drug-likeness (QED) is 0.668. The number of carbonyl (C=O) groups excluding carboxylic acids is 2. The van der Waals surface area contributed by atoms with E-state index in [4.69, 9.17) is 0 Å². The van der Waals surface area contributed by atoms with Gasteiger partial charge < -0.3 is 4.90 Å².